The first-order chi connectivity index (χ1) is 9.06. The number of benzene rings is 1. The van der Waals surface area contributed by atoms with Gasteiger partial charge in [-0.15, -0.1) is 11.8 Å². The third-order valence-corrected chi connectivity index (χ3v) is 3.64. The quantitative estimate of drug-likeness (QED) is 0.853. The minimum absolute atomic E-state index is 0.240. The zero-order chi connectivity index (χ0) is 13.8. The second-order valence-electron chi connectivity index (χ2n) is 4.56. The summed E-state index contributed by atoms with van der Waals surface area (Å²) in [5, 5.41) is 3.88. The highest BCUT2D eigenvalue weighted by Gasteiger charge is 2.17. The van der Waals surface area contributed by atoms with Gasteiger partial charge in [-0.2, -0.15) is 4.98 Å². The predicted molar refractivity (Wildman–Crippen MR) is 72.0 cm³/mol. The van der Waals surface area contributed by atoms with Crippen molar-refractivity contribution >= 4 is 11.8 Å². The van der Waals surface area contributed by atoms with Gasteiger partial charge in [-0.3, -0.25) is 0 Å². The second kappa shape index (κ2) is 6.16. The van der Waals surface area contributed by atoms with Crippen LogP contribution in [-0.2, 0) is 5.75 Å². The van der Waals surface area contributed by atoms with Crippen LogP contribution >= 0.6 is 11.8 Å². The summed E-state index contributed by atoms with van der Waals surface area (Å²) in [5.74, 6) is 1.53. The molecule has 0 aliphatic rings. The lowest BCUT2D eigenvalue weighted by atomic mass is 10.1. The van der Waals surface area contributed by atoms with Crippen LogP contribution < -0.4 is 5.73 Å². The predicted octanol–water partition coefficient (Wildman–Crippen LogP) is 3.16. The Balaban J connectivity index is 1.97. The van der Waals surface area contributed by atoms with E-state index in [0.717, 1.165) is 4.90 Å². The van der Waals surface area contributed by atoms with E-state index in [1.807, 2.05) is 19.9 Å². The Kier molecular flexibility index (Phi) is 4.55. The van der Waals surface area contributed by atoms with E-state index in [4.69, 9.17) is 10.3 Å². The summed E-state index contributed by atoms with van der Waals surface area (Å²) in [4.78, 5) is 5.08. The molecule has 0 unspecified atom stereocenters. The van der Waals surface area contributed by atoms with Gasteiger partial charge in [0.2, 0.25) is 5.89 Å². The minimum Gasteiger partial charge on any atom is -0.338 e. The van der Waals surface area contributed by atoms with Crippen LogP contribution in [0.15, 0.2) is 33.7 Å². The van der Waals surface area contributed by atoms with Crippen LogP contribution in [0.4, 0.5) is 4.39 Å². The molecule has 4 nitrogen and oxygen atoms in total. The lowest BCUT2D eigenvalue weighted by Crippen LogP contribution is -2.17. The van der Waals surface area contributed by atoms with Gasteiger partial charge >= 0.3 is 0 Å². The molecule has 1 heterocycles. The zero-order valence-corrected chi connectivity index (χ0v) is 11.7. The molecule has 2 N–H and O–H groups in total. The van der Waals surface area contributed by atoms with E-state index >= 15 is 0 Å². The first kappa shape index (κ1) is 14.0. The average molecular weight is 281 g/mol. The summed E-state index contributed by atoms with van der Waals surface area (Å²) in [6.45, 7) is 3.99. The van der Waals surface area contributed by atoms with Crippen LogP contribution in [0.3, 0.4) is 0 Å². The lowest BCUT2D eigenvalue weighted by molar-refractivity contribution is 0.323. The van der Waals surface area contributed by atoms with Gasteiger partial charge in [-0.1, -0.05) is 25.1 Å². The number of halogens is 1. The van der Waals surface area contributed by atoms with Crippen molar-refractivity contribution in [1.29, 1.82) is 0 Å². The minimum atomic E-state index is -0.250. The Morgan fingerprint density at radius 1 is 1.42 bits per heavy atom. The molecule has 6 heteroatoms. The lowest BCUT2D eigenvalue weighted by Gasteiger charge is -2.09. The van der Waals surface area contributed by atoms with Crippen molar-refractivity contribution < 1.29 is 8.91 Å². The Labute approximate surface area is 115 Å². The van der Waals surface area contributed by atoms with Crippen molar-refractivity contribution in [2.45, 2.75) is 30.5 Å². The summed E-state index contributed by atoms with van der Waals surface area (Å²) in [6.07, 6.45) is 0. The number of nitrogens with zero attached hydrogens (tertiary/aromatic N) is 2. The van der Waals surface area contributed by atoms with E-state index < -0.39 is 0 Å². The molecule has 1 aromatic heterocycles. The molecule has 0 saturated heterocycles. The maximum atomic E-state index is 13.0. The van der Waals surface area contributed by atoms with Crippen molar-refractivity contribution in [2.24, 2.45) is 11.7 Å². The van der Waals surface area contributed by atoms with Gasteiger partial charge in [0.1, 0.15) is 5.82 Å². The monoisotopic (exact) mass is 281 g/mol. The molecule has 1 aromatic carbocycles. The van der Waals surface area contributed by atoms with E-state index in [1.165, 1.54) is 23.9 Å². The molecule has 0 radical (unpaired) electrons. The van der Waals surface area contributed by atoms with Crippen LogP contribution in [0, 0.1) is 11.7 Å². The summed E-state index contributed by atoms with van der Waals surface area (Å²) in [5.41, 5.74) is 5.93. The van der Waals surface area contributed by atoms with E-state index in [1.54, 1.807) is 6.07 Å². The van der Waals surface area contributed by atoms with Gasteiger partial charge in [0.15, 0.2) is 5.82 Å². The maximum absolute atomic E-state index is 13.0. The van der Waals surface area contributed by atoms with Crippen LogP contribution in [0.25, 0.3) is 0 Å². The summed E-state index contributed by atoms with van der Waals surface area (Å²) in [6, 6.07) is 6.16. The topological polar surface area (TPSA) is 64.9 Å². The number of thioether (sulfide) groups is 1. The molecule has 0 spiro atoms. The van der Waals surface area contributed by atoms with E-state index in [0.29, 0.717) is 17.5 Å². The second-order valence-corrected chi connectivity index (χ2v) is 5.61. The molecule has 0 saturated carbocycles. The van der Waals surface area contributed by atoms with Gasteiger partial charge in [-0.25, -0.2) is 4.39 Å². The van der Waals surface area contributed by atoms with E-state index in [9.17, 15) is 4.39 Å². The number of rotatable bonds is 5. The van der Waals surface area contributed by atoms with Gasteiger partial charge in [0.05, 0.1) is 11.8 Å². The van der Waals surface area contributed by atoms with Crippen molar-refractivity contribution in [1.82, 2.24) is 10.1 Å². The molecular formula is C13H16FN3OS. The Bertz CT molecular complexity index is 544. The Morgan fingerprint density at radius 2 is 2.21 bits per heavy atom. The summed E-state index contributed by atoms with van der Waals surface area (Å²) < 4.78 is 18.1. The van der Waals surface area contributed by atoms with Crippen LogP contribution in [0.1, 0.15) is 31.6 Å². The maximum Gasteiger partial charge on any atom is 0.243 e. The number of hydrogen-bond acceptors (Lipinski definition) is 5. The highest BCUT2D eigenvalue weighted by atomic mass is 32.2. The molecule has 0 aliphatic heterocycles. The third kappa shape index (κ3) is 3.78. The normalized spacial score (nSPS) is 12.9. The highest BCUT2D eigenvalue weighted by molar-refractivity contribution is 7.98. The molecule has 2 aromatic rings. The van der Waals surface area contributed by atoms with Gasteiger partial charge in [0, 0.05) is 4.90 Å². The molecule has 102 valence electrons. The van der Waals surface area contributed by atoms with Gasteiger partial charge in [-0.05, 0) is 24.1 Å². The molecular weight excluding hydrogens is 265 g/mol. The van der Waals surface area contributed by atoms with Crippen LogP contribution in [0.2, 0.25) is 0 Å². The fourth-order valence-electron chi connectivity index (χ4n) is 1.45. The molecule has 19 heavy (non-hydrogen) atoms. The first-order valence-corrected chi connectivity index (χ1v) is 7.01. The molecule has 0 bridgehead atoms. The smallest absolute Gasteiger partial charge is 0.243 e. The molecule has 0 aliphatic carbocycles. The average Bonchev–Trinajstić information content (AvgIpc) is 2.84. The summed E-state index contributed by atoms with van der Waals surface area (Å²) >= 11 is 1.46. The van der Waals surface area contributed by atoms with Crippen molar-refractivity contribution in [3.63, 3.8) is 0 Å². The third-order valence-electron chi connectivity index (χ3n) is 2.65. The molecule has 2 rings (SSSR count). The number of aromatic nitrogens is 2. The zero-order valence-electron chi connectivity index (χ0n) is 10.8. The van der Waals surface area contributed by atoms with Crippen molar-refractivity contribution in [3.05, 3.63) is 41.8 Å². The largest absolute Gasteiger partial charge is 0.338 e. The van der Waals surface area contributed by atoms with Crippen molar-refractivity contribution in [2.75, 3.05) is 0 Å². The number of nitrogens with two attached hydrogens (primary N) is 1. The standard InChI is InChI=1S/C13H16FN3OS/c1-8(2)12(15)13-16-11(17-18-13)7-19-10-5-3-4-9(14)6-10/h3-6,8,12H,7,15H2,1-2H3/t12-/m0/s1. The fourth-order valence-corrected chi connectivity index (χ4v) is 2.24. The Morgan fingerprint density at radius 3 is 2.89 bits per heavy atom. The Hall–Kier alpha value is -1.40. The van der Waals surface area contributed by atoms with Crippen LogP contribution in [-0.4, -0.2) is 10.1 Å². The molecule has 0 amide bonds. The van der Waals surface area contributed by atoms with E-state index in [-0.39, 0.29) is 17.8 Å². The van der Waals surface area contributed by atoms with Crippen LogP contribution in [0.5, 0.6) is 0 Å². The molecule has 0 fully saturated rings. The molecule has 1 atom stereocenters. The van der Waals surface area contributed by atoms with Gasteiger partial charge in [0.25, 0.3) is 0 Å². The van der Waals surface area contributed by atoms with Crippen molar-refractivity contribution in [3.8, 4) is 0 Å². The number of hydrogen-bond donors (Lipinski definition) is 1. The van der Waals surface area contributed by atoms with E-state index in [2.05, 4.69) is 10.1 Å². The fraction of sp³-hybridized carbons (Fsp3) is 0.385. The van der Waals surface area contributed by atoms with Gasteiger partial charge < -0.3 is 10.3 Å². The summed E-state index contributed by atoms with van der Waals surface area (Å²) in [7, 11) is 0. The first-order valence-electron chi connectivity index (χ1n) is 6.02. The SMILES string of the molecule is CC(C)[C@H](N)c1nc(CSc2cccc(F)c2)no1. The highest BCUT2D eigenvalue weighted by Crippen LogP contribution is 2.23.